The second kappa shape index (κ2) is 9.00. The summed E-state index contributed by atoms with van der Waals surface area (Å²) in [5.74, 6) is 0.144. The van der Waals surface area contributed by atoms with E-state index in [1.807, 2.05) is 0 Å². The first-order chi connectivity index (χ1) is 17.6. The number of aliphatic hydroxyl groups is 1. The molecule has 0 radical (unpaired) electrons. The number of hydrogen-bond donors (Lipinski definition) is 1. The number of fused-ring (bicyclic) bond motifs is 4. The molecule has 2 saturated heterocycles. The molecule has 37 heavy (non-hydrogen) atoms. The van der Waals surface area contributed by atoms with Crippen LogP contribution in [0.1, 0.15) is 103 Å². The number of ether oxygens (including phenoxy) is 3. The Morgan fingerprint density at radius 3 is 2.35 bits per heavy atom. The Balaban J connectivity index is 1.58. The molecule has 2 aromatic heterocycles. The zero-order valence-corrected chi connectivity index (χ0v) is 21.2. The number of alkyl halides is 3. The highest BCUT2D eigenvalue weighted by molar-refractivity contribution is 5.54. The summed E-state index contributed by atoms with van der Waals surface area (Å²) in [4.78, 5) is 9.48. The molecule has 0 aromatic carbocycles. The molecule has 2 fully saturated rings. The Morgan fingerprint density at radius 2 is 1.70 bits per heavy atom. The van der Waals surface area contributed by atoms with E-state index in [2.05, 4.69) is 18.8 Å². The van der Waals surface area contributed by atoms with E-state index in [-0.39, 0.29) is 11.3 Å². The quantitative estimate of drug-likeness (QED) is 0.565. The molecule has 0 bridgehead atoms. The number of hydrogen-bond acceptors (Lipinski definition) is 6. The lowest BCUT2D eigenvalue weighted by Crippen LogP contribution is -2.37. The lowest BCUT2D eigenvalue weighted by Gasteiger charge is -2.40. The zero-order valence-electron chi connectivity index (χ0n) is 21.2. The standard InChI is InChI=1S/C28H33F3N2O4/c1-26(2)13-19-21(20(34)14-26)23-22(24(33-19)16-5-9-35-10-6-16)25(37-27(23)7-11-36-12-8-27)18-4-3-17(15-32-18)28(29,30)31/h3-4,15-16,20,25,34H,5-14H2,1-2H3/t20-,25+/m0/s1. The van der Waals surface area contributed by atoms with Gasteiger partial charge in [-0.15, -0.1) is 0 Å². The minimum Gasteiger partial charge on any atom is -0.388 e. The third-order valence-electron chi connectivity index (χ3n) is 8.46. The molecule has 3 aliphatic heterocycles. The van der Waals surface area contributed by atoms with Gasteiger partial charge in [0.05, 0.1) is 28.7 Å². The summed E-state index contributed by atoms with van der Waals surface area (Å²) in [5.41, 5.74) is 3.41. The molecule has 1 aliphatic carbocycles. The minimum atomic E-state index is -4.47. The lowest BCUT2D eigenvalue weighted by molar-refractivity contribution is -0.138. The SMILES string of the molecule is CC1(C)Cc2nc(C3CCOCC3)c3c(c2[C@@H](O)C1)C1(CCOCC1)O[C@@H]3c1ccc(C(F)(F)F)cn1. The molecule has 0 saturated carbocycles. The maximum Gasteiger partial charge on any atom is 0.417 e. The fraction of sp³-hybridized carbons (Fsp3) is 0.643. The molecule has 2 atom stereocenters. The van der Waals surface area contributed by atoms with Crippen LogP contribution in [0.2, 0.25) is 0 Å². The van der Waals surface area contributed by atoms with Gasteiger partial charge in [0.1, 0.15) is 6.10 Å². The van der Waals surface area contributed by atoms with Crippen molar-refractivity contribution < 1.29 is 32.5 Å². The molecule has 1 spiro atoms. The molecular weight excluding hydrogens is 485 g/mol. The topological polar surface area (TPSA) is 73.7 Å². The Hall–Kier alpha value is -2.07. The van der Waals surface area contributed by atoms with E-state index in [0.717, 1.165) is 59.6 Å². The van der Waals surface area contributed by atoms with Crippen LogP contribution in [0.3, 0.4) is 0 Å². The maximum absolute atomic E-state index is 13.3. The van der Waals surface area contributed by atoms with Crippen LogP contribution < -0.4 is 0 Å². The number of rotatable bonds is 2. The molecule has 2 aromatic rings. The zero-order chi connectivity index (χ0) is 26.0. The van der Waals surface area contributed by atoms with Gasteiger partial charge >= 0.3 is 6.18 Å². The van der Waals surface area contributed by atoms with Crippen LogP contribution in [-0.4, -0.2) is 41.5 Å². The van der Waals surface area contributed by atoms with E-state index in [1.165, 1.54) is 6.07 Å². The smallest absolute Gasteiger partial charge is 0.388 e. The Labute approximate surface area is 214 Å². The largest absolute Gasteiger partial charge is 0.417 e. The predicted molar refractivity (Wildman–Crippen MR) is 128 cm³/mol. The highest BCUT2D eigenvalue weighted by Crippen LogP contribution is 2.57. The summed E-state index contributed by atoms with van der Waals surface area (Å²) in [6.45, 7) is 6.59. The third-order valence-corrected chi connectivity index (χ3v) is 8.46. The summed E-state index contributed by atoms with van der Waals surface area (Å²) < 4.78 is 58.1. The third kappa shape index (κ3) is 4.37. The van der Waals surface area contributed by atoms with Crippen LogP contribution in [0, 0.1) is 5.41 Å². The van der Waals surface area contributed by atoms with Gasteiger partial charge in [-0.1, -0.05) is 13.8 Å². The van der Waals surface area contributed by atoms with E-state index in [4.69, 9.17) is 19.2 Å². The number of nitrogens with zero attached hydrogens (tertiary/aromatic N) is 2. The van der Waals surface area contributed by atoms with E-state index >= 15 is 0 Å². The number of aromatic nitrogens is 2. The van der Waals surface area contributed by atoms with Crippen LogP contribution in [-0.2, 0) is 32.4 Å². The maximum atomic E-state index is 13.3. The Kier molecular flexibility index (Phi) is 6.14. The Bertz CT molecular complexity index is 1170. The fourth-order valence-electron chi connectivity index (χ4n) is 6.72. The van der Waals surface area contributed by atoms with Crippen molar-refractivity contribution in [1.29, 1.82) is 0 Å². The lowest BCUT2D eigenvalue weighted by atomic mass is 9.69. The van der Waals surface area contributed by atoms with E-state index in [9.17, 15) is 18.3 Å². The molecule has 200 valence electrons. The fourth-order valence-corrected chi connectivity index (χ4v) is 6.72. The second-order valence-electron chi connectivity index (χ2n) is 11.7. The minimum absolute atomic E-state index is 0.0999. The van der Waals surface area contributed by atoms with Gasteiger partial charge in [-0.3, -0.25) is 9.97 Å². The van der Waals surface area contributed by atoms with Crippen molar-refractivity contribution in [1.82, 2.24) is 9.97 Å². The molecule has 4 aliphatic rings. The van der Waals surface area contributed by atoms with Crippen molar-refractivity contribution in [3.8, 4) is 0 Å². The van der Waals surface area contributed by atoms with Crippen LogP contribution in [0.4, 0.5) is 13.2 Å². The number of halogens is 3. The molecule has 6 rings (SSSR count). The molecule has 0 amide bonds. The van der Waals surface area contributed by atoms with Crippen molar-refractivity contribution in [3.63, 3.8) is 0 Å². The summed E-state index contributed by atoms with van der Waals surface area (Å²) in [5, 5.41) is 11.5. The Morgan fingerprint density at radius 1 is 1.00 bits per heavy atom. The number of aliphatic hydroxyl groups excluding tert-OH is 1. The first kappa shape index (κ1) is 25.2. The first-order valence-corrected chi connectivity index (χ1v) is 13.2. The molecule has 0 unspecified atom stereocenters. The van der Waals surface area contributed by atoms with Gasteiger partial charge in [0.2, 0.25) is 0 Å². The predicted octanol–water partition coefficient (Wildman–Crippen LogP) is 5.52. The molecule has 9 heteroatoms. The average Bonchev–Trinajstić information content (AvgIpc) is 3.17. The summed E-state index contributed by atoms with van der Waals surface area (Å²) in [6.07, 6.45) is -0.731. The highest BCUT2D eigenvalue weighted by Gasteiger charge is 2.53. The van der Waals surface area contributed by atoms with Gasteiger partial charge in [0.15, 0.2) is 0 Å². The van der Waals surface area contributed by atoms with Gasteiger partial charge in [0, 0.05) is 68.2 Å². The van der Waals surface area contributed by atoms with Crippen molar-refractivity contribution in [2.45, 2.75) is 82.3 Å². The van der Waals surface area contributed by atoms with Gasteiger partial charge < -0.3 is 19.3 Å². The van der Waals surface area contributed by atoms with Crippen molar-refractivity contribution in [2.75, 3.05) is 26.4 Å². The van der Waals surface area contributed by atoms with Crippen molar-refractivity contribution in [3.05, 3.63) is 57.7 Å². The van der Waals surface area contributed by atoms with Crippen LogP contribution in [0.5, 0.6) is 0 Å². The summed E-state index contributed by atoms with van der Waals surface area (Å²) in [7, 11) is 0. The van der Waals surface area contributed by atoms with Crippen LogP contribution in [0.15, 0.2) is 18.3 Å². The average molecular weight is 519 g/mol. The summed E-state index contributed by atoms with van der Waals surface area (Å²) >= 11 is 0. The first-order valence-electron chi connectivity index (χ1n) is 13.2. The highest BCUT2D eigenvalue weighted by atomic mass is 19.4. The molecule has 5 heterocycles. The molecule has 1 N–H and O–H groups in total. The van der Waals surface area contributed by atoms with Gasteiger partial charge in [-0.2, -0.15) is 13.2 Å². The van der Waals surface area contributed by atoms with Crippen molar-refractivity contribution in [2.24, 2.45) is 5.41 Å². The number of pyridine rings is 2. The summed E-state index contributed by atoms with van der Waals surface area (Å²) in [6, 6.07) is 2.49. The van der Waals surface area contributed by atoms with Gasteiger partial charge in [0.25, 0.3) is 0 Å². The van der Waals surface area contributed by atoms with Crippen molar-refractivity contribution >= 4 is 0 Å². The normalized spacial score (nSPS) is 27.2. The molecular formula is C28H33F3N2O4. The van der Waals surface area contributed by atoms with Crippen LogP contribution >= 0.6 is 0 Å². The van der Waals surface area contributed by atoms with Crippen LogP contribution in [0.25, 0.3) is 0 Å². The molecule has 6 nitrogen and oxygen atoms in total. The van der Waals surface area contributed by atoms with E-state index in [0.29, 0.717) is 51.4 Å². The van der Waals surface area contributed by atoms with E-state index < -0.39 is 29.5 Å². The second-order valence-corrected chi connectivity index (χ2v) is 11.7. The van der Waals surface area contributed by atoms with E-state index in [1.54, 1.807) is 0 Å². The van der Waals surface area contributed by atoms with Gasteiger partial charge in [-0.05, 0) is 48.8 Å². The monoisotopic (exact) mass is 518 g/mol. The van der Waals surface area contributed by atoms with Gasteiger partial charge in [-0.25, -0.2) is 0 Å².